The Morgan fingerprint density at radius 3 is 2.46 bits per heavy atom. The van der Waals surface area contributed by atoms with E-state index in [9.17, 15) is 18.0 Å². The molecule has 0 spiro atoms. The lowest BCUT2D eigenvalue weighted by atomic mass is 9.91. The number of carbonyl (C=O) groups excluding carboxylic acids is 2. The Morgan fingerprint density at radius 2 is 1.86 bits per heavy atom. The second-order valence-electron chi connectivity index (χ2n) is 8.70. The molecule has 28 heavy (non-hydrogen) atoms. The van der Waals surface area contributed by atoms with Gasteiger partial charge in [-0.05, 0) is 19.3 Å². The fourth-order valence-corrected chi connectivity index (χ4v) is 4.82. The number of rotatable bonds is 3. The molecule has 2 fully saturated rings. The average Bonchev–Trinajstić information content (AvgIpc) is 3.10. The van der Waals surface area contributed by atoms with E-state index < -0.39 is 15.9 Å². The monoisotopic (exact) mass is 411 g/mol. The Bertz CT molecular complexity index is 826. The molecule has 0 aromatic carbocycles. The largest absolute Gasteiger partial charge is 0.361 e. The van der Waals surface area contributed by atoms with Crippen LogP contribution in [0.1, 0.15) is 51.5 Å². The normalized spacial score (nSPS) is 22.9. The van der Waals surface area contributed by atoms with Gasteiger partial charge in [-0.3, -0.25) is 4.79 Å². The van der Waals surface area contributed by atoms with Crippen LogP contribution < -0.4 is 0 Å². The van der Waals surface area contributed by atoms with E-state index in [1.165, 1.54) is 0 Å². The number of hydrogen-bond acceptors (Lipinski definition) is 6. The number of ketones is 1. The summed E-state index contributed by atoms with van der Waals surface area (Å²) in [6.45, 7) is 6.97. The highest BCUT2D eigenvalue weighted by molar-refractivity contribution is 7.91. The molecule has 3 rings (SSSR count). The smallest absolute Gasteiger partial charge is 0.320 e. The molecule has 2 aliphatic heterocycles. The van der Waals surface area contributed by atoms with Gasteiger partial charge in [0.15, 0.2) is 15.6 Å². The molecule has 1 aromatic heterocycles. The number of Topliss-reactive ketones (excluding diaryl/α,β-unsaturated/α-hetero) is 1. The van der Waals surface area contributed by atoms with Crippen molar-refractivity contribution in [1.29, 1.82) is 0 Å². The van der Waals surface area contributed by atoms with Crippen LogP contribution in [-0.4, -0.2) is 72.4 Å². The summed E-state index contributed by atoms with van der Waals surface area (Å²) in [6, 6.07) is 1.08. The summed E-state index contributed by atoms with van der Waals surface area (Å²) >= 11 is 0. The van der Waals surface area contributed by atoms with Gasteiger partial charge in [-0.2, -0.15) is 0 Å². The molecule has 1 aromatic rings. The van der Waals surface area contributed by atoms with Crippen LogP contribution in [-0.2, 0) is 26.5 Å². The maximum absolute atomic E-state index is 12.9. The predicted molar refractivity (Wildman–Crippen MR) is 104 cm³/mol. The molecule has 9 heteroatoms. The maximum atomic E-state index is 12.9. The Hall–Kier alpha value is -1.90. The molecule has 0 bridgehead atoms. The molecule has 2 aliphatic rings. The highest BCUT2D eigenvalue weighted by atomic mass is 32.2. The molecular weight excluding hydrogens is 382 g/mol. The fraction of sp³-hybridized carbons (Fsp3) is 0.737. The van der Waals surface area contributed by atoms with E-state index in [1.54, 1.807) is 9.80 Å². The van der Waals surface area contributed by atoms with E-state index in [1.807, 2.05) is 26.8 Å². The van der Waals surface area contributed by atoms with Crippen LogP contribution in [0.2, 0.25) is 0 Å². The van der Waals surface area contributed by atoms with Crippen molar-refractivity contribution in [2.75, 3.05) is 31.1 Å². The number of nitrogens with zero attached hydrogens (tertiary/aromatic N) is 3. The highest BCUT2D eigenvalue weighted by Crippen LogP contribution is 2.24. The van der Waals surface area contributed by atoms with Gasteiger partial charge in [-0.15, -0.1) is 0 Å². The molecule has 2 saturated heterocycles. The molecule has 0 saturated carbocycles. The summed E-state index contributed by atoms with van der Waals surface area (Å²) in [7, 11) is -3.06. The zero-order chi connectivity index (χ0) is 20.5. The summed E-state index contributed by atoms with van der Waals surface area (Å²) in [6.07, 6.45) is 2.46. The number of sulfone groups is 1. The Kier molecular flexibility index (Phi) is 5.84. The molecule has 0 aliphatic carbocycles. The van der Waals surface area contributed by atoms with Crippen molar-refractivity contribution in [3.8, 4) is 0 Å². The molecule has 156 valence electrons. The van der Waals surface area contributed by atoms with E-state index in [4.69, 9.17) is 4.52 Å². The van der Waals surface area contributed by atoms with E-state index in [2.05, 4.69) is 5.16 Å². The lowest BCUT2D eigenvalue weighted by Crippen LogP contribution is -2.56. The maximum Gasteiger partial charge on any atom is 0.320 e. The minimum Gasteiger partial charge on any atom is -0.361 e. The molecule has 2 amide bonds. The third-order valence-electron chi connectivity index (χ3n) is 5.41. The SMILES string of the molecule is CC(C)(C)c1cc(CC(=O)[C@@H]2CCCCN2C(=O)N2CCS(=O)(=O)CC2)on1. The van der Waals surface area contributed by atoms with Crippen LogP contribution in [0.5, 0.6) is 0 Å². The minimum atomic E-state index is -3.06. The van der Waals surface area contributed by atoms with Gasteiger partial charge < -0.3 is 14.3 Å². The van der Waals surface area contributed by atoms with Gasteiger partial charge in [0.1, 0.15) is 5.76 Å². The van der Waals surface area contributed by atoms with Gasteiger partial charge in [0.2, 0.25) is 0 Å². The minimum absolute atomic E-state index is 0.0150. The van der Waals surface area contributed by atoms with Gasteiger partial charge >= 0.3 is 6.03 Å². The van der Waals surface area contributed by atoms with Crippen molar-refractivity contribution in [1.82, 2.24) is 15.0 Å². The predicted octanol–water partition coefficient (Wildman–Crippen LogP) is 1.79. The molecule has 8 nitrogen and oxygen atoms in total. The third-order valence-corrected chi connectivity index (χ3v) is 7.02. The number of urea groups is 1. The van der Waals surface area contributed by atoms with Crippen LogP contribution in [0.25, 0.3) is 0 Å². The fourth-order valence-electron chi connectivity index (χ4n) is 3.62. The lowest BCUT2D eigenvalue weighted by molar-refractivity contribution is -0.124. The van der Waals surface area contributed by atoms with Gasteiger partial charge in [0.25, 0.3) is 0 Å². The summed E-state index contributed by atoms with van der Waals surface area (Å²) in [5.41, 5.74) is 0.632. The molecule has 3 heterocycles. The molecular formula is C19H29N3O5S. The zero-order valence-corrected chi connectivity index (χ0v) is 17.6. The van der Waals surface area contributed by atoms with E-state index in [0.29, 0.717) is 18.7 Å². The van der Waals surface area contributed by atoms with Crippen molar-refractivity contribution >= 4 is 21.7 Å². The first-order valence-corrected chi connectivity index (χ1v) is 11.6. The van der Waals surface area contributed by atoms with E-state index >= 15 is 0 Å². The summed E-state index contributed by atoms with van der Waals surface area (Å²) in [5.74, 6) is 0.420. The number of amides is 2. The summed E-state index contributed by atoms with van der Waals surface area (Å²) in [5, 5.41) is 4.05. The molecule has 0 radical (unpaired) electrons. The highest BCUT2D eigenvalue weighted by Gasteiger charge is 2.36. The van der Waals surface area contributed by atoms with Gasteiger partial charge in [-0.1, -0.05) is 25.9 Å². The number of piperidine rings is 1. The lowest BCUT2D eigenvalue weighted by Gasteiger charge is -2.39. The van der Waals surface area contributed by atoms with Crippen LogP contribution >= 0.6 is 0 Å². The summed E-state index contributed by atoms with van der Waals surface area (Å²) < 4.78 is 28.6. The van der Waals surface area contributed by atoms with Crippen LogP contribution in [0.3, 0.4) is 0 Å². The second kappa shape index (κ2) is 7.85. The van der Waals surface area contributed by atoms with Crippen molar-refractivity contribution in [3.05, 3.63) is 17.5 Å². The van der Waals surface area contributed by atoms with E-state index in [0.717, 1.165) is 18.5 Å². The topological polar surface area (TPSA) is 101 Å². The average molecular weight is 412 g/mol. The van der Waals surface area contributed by atoms with E-state index in [-0.39, 0.29) is 48.2 Å². The molecule has 1 atom stereocenters. The standard InChI is InChI=1S/C19H29N3O5S/c1-19(2,3)17-13-14(27-20-17)12-16(23)15-6-4-5-7-22(15)18(24)21-8-10-28(25,26)11-9-21/h13,15H,4-12H2,1-3H3/t15-/m0/s1. The van der Waals surface area contributed by atoms with Gasteiger partial charge in [-0.25, -0.2) is 13.2 Å². The van der Waals surface area contributed by atoms with Crippen molar-refractivity contribution in [3.63, 3.8) is 0 Å². The first kappa shape index (κ1) is 20.8. The van der Waals surface area contributed by atoms with Crippen LogP contribution in [0, 0.1) is 0 Å². The van der Waals surface area contributed by atoms with Gasteiger partial charge in [0.05, 0.1) is 29.7 Å². The first-order valence-electron chi connectivity index (χ1n) is 9.81. The second-order valence-corrected chi connectivity index (χ2v) is 11.0. The third kappa shape index (κ3) is 4.74. The molecule has 0 unspecified atom stereocenters. The van der Waals surface area contributed by atoms with Crippen LogP contribution in [0.4, 0.5) is 4.79 Å². The van der Waals surface area contributed by atoms with Crippen molar-refractivity contribution < 1.29 is 22.5 Å². The Balaban J connectivity index is 1.68. The Morgan fingerprint density at radius 1 is 1.18 bits per heavy atom. The zero-order valence-electron chi connectivity index (χ0n) is 16.8. The summed E-state index contributed by atoms with van der Waals surface area (Å²) in [4.78, 5) is 29.0. The van der Waals surface area contributed by atoms with Crippen LogP contribution in [0.15, 0.2) is 10.6 Å². The molecule has 0 N–H and O–H groups in total. The number of carbonyl (C=O) groups is 2. The quantitative estimate of drug-likeness (QED) is 0.752. The number of aromatic nitrogens is 1. The first-order chi connectivity index (χ1) is 13.1. The Labute approximate surface area is 166 Å². The van der Waals surface area contributed by atoms with Gasteiger partial charge in [0, 0.05) is 31.1 Å². The van der Waals surface area contributed by atoms with Crippen molar-refractivity contribution in [2.24, 2.45) is 0 Å². The van der Waals surface area contributed by atoms with Crippen molar-refractivity contribution in [2.45, 2.75) is 57.9 Å². The number of likely N-dealkylation sites (tertiary alicyclic amines) is 1. The number of hydrogen-bond donors (Lipinski definition) is 0.